The number of para-hydroxylation sites is 3. The summed E-state index contributed by atoms with van der Waals surface area (Å²) in [5.74, 6) is 0.0347. The van der Waals surface area contributed by atoms with Gasteiger partial charge in [-0.15, -0.1) is 0 Å². The maximum Gasteiger partial charge on any atom is 0.187 e. The molecule has 94 valence electrons. The SMILES string of the molecule is Nc1ccccc1N.O=Cc1ccccc1O.[AlH3]. The Labute approximate surface area is 116 Å². The maximum absolute atomic E-state index is 10.1. The summed E-state index contributed by atoms with van der Waals surface area (Å²) in [6.45, 7) is 0. The molecule has 0 saturated carbocycles. The van der Waals surface area contributed by atoms with Gasteiger partial charge in [-0.05, 0) is 24.3 Å². The molecular weight excluding hydrogens is 243 g/mol. The molecule has 0 bridgehead atoms. The summed E-state index contributed by atoms with van der Waals surface area (Å²) in [6.07, 6.45) is 0.620. The Kier molecular flexibility index (Phi) is 7.29. The first-order valence-electron chi connectivity index (χ1n) is 4.98. The van der Waals surface area contributed by atoms with Gasteiger partial charge in [-0.1, -0.05) is 24.3 Å². The fourth-order valence-electron chi connectivity index (χ4n) is 1.10. The van der Waals surface area contributed by atoms with Crippen LogP contribution in [0, 0.1) is 0 Å². The van der Waals surface area contributed by atoms with Gasteiger partial charge in [-0.2, -0.15) is 0 Å². The summed E-state index contributed by atoms with van der Waals surface area (Å²) < 4.78 is 0. The summed E-state index contributed by atoms with van der Waals surface area (Å²) in [5.41, 5.74) is 12.4. The number of nitrogen functional groups attached to an aromatic ring is 2. The van der Waals surface area contributed by atoms with E-state index in [0.717, 1.165) is 0 Å². The molecule has 0 fully saturated rings. The van der Waals surface area contributed by atoms with Gasteiger partial charge in [-0.25, -0.2) is 0 Å². The number of phenols is 1. The van der Waals surface area contributed by atoms with Crippen LogP contribution in [-0.4, -0.2) is 28.8 Å². The zero-order chi connectivity index (χ0) is 12.7. The zero-order valence-corrected chi connectivity index (χ0v) is 9.21. The number of phenolic OH excluding ortho intramolecular Hbond substituents is 1. The van der Waals surface area contributed by atoms with E-state index in [-0.39, 0.29) is 23.1 Å². The smallest absolute Gasteiger partial charge is 0.187 e. The summed E-state index contributed by atoms with van der Waals surface area (Å²) in [7, 11) is 0. The number of hydrogen-bond donors (Lipinski definition) is 3. The van der Waals surface area contributed by atoms with Crippen LogP contribution >= 0.6 is 0 Å². The van der Waals surface area contributed by atoms with Crippen molar-refractivity contribution in [1.29, 1.82) is 0 Å². The first-order valence-corrected chi connectivity index (χ1v) is 4.98. The molecule has 5 heteroatoms. The van der Waals surface area contributed by atoms with E-state index < -0.39 is 0 Å². The number of anilines is 2. The molecule has 0 heterocycles. The molecular formula is C13H17AlN2O2. The summed E-state index contributed by atoms with van der Waals surface area (Å²) in [4.78, 5) is 10.1. The molecule has 5 N–H and O–H groups in total. The molecule has 4 nitrogen and oxygen atoms in total. The van der Waals surface area contributed by atoms with Crippen LogP contribution in [0.5, 0.6) is 5.75 Å². The Bertz CT molecular complexity index is 483. The van der Waals surface area contributed by atoms with Gasteiger partial charge in [0.1, 0.15) is 5.75 Å². The van der Waals surface area contributed by atoms with E-state index in [0.29, 0.717) is 23.2 Å². The predicted molar refractivity (Wildman–Crippen MR) is 78.7 cm³/mol. The third kappa shape index (κ3) is 4.92. The second kappa shape index (κ2) is 8.18. The lowest BCUT2D eigenvalue weighted by molar-refractivity contribution is 0.112. The fraction of sp³-hybridized carbons (Fsp3) is 0. The average Bonchev–Trinajstić information content (AvgIpc) is 2.34. The third-order valence-electron chi connectivity index (χ3n) is 2.06. The fourth-order valence-corrected chi connectivity index (χ4v) is 1.10. The molecule has 18 heavy (non-hydrogen) atoms. The molecule has 0 atom stereocenters. The molecule has 0 aliphatic rings. The number of aromatic hydroxyl groups is 1. The highest BCUT2D eigenvalue weighted by molar-refractivity contribution is 5.78. The molecule has 0 aromatic heterocycles. The Hall–Kier alpha value is -1.96. The Morgan fingerprint density at radius 2 is 1.33 bits per heavy atom. The number of hydrogen-bond acceptors (Lipinski definition) is 4. The molecule has 2 aromatic rings. The molecule has 2 rings (SSSR count). The van der Waals surface area contributed by atoms with Crippen molar-refractivity contribution >= 4 is 35.0 Å². The molecule has 2 aromatic carbocycles. The normalized spacial score (nSPS) is 8.44. The van der Waals surface area contributed by atoms with E-state index in [1.807, 2.05) is 12.1 Å². The maximum atomic E-state index is 10.1. The van der Waals surface area contributed by atoms with Gasteiger partial charge in [0, 0.05) is 0 Å². The molecule has 0 spiro atoms. The van der Waals surface area contributed by atoms with Crippen molar-refractivity contribution in [2.24, 2.45) is 0 Å². The zero-order valence-electron chi connectivity index (χ0n) is 9.21. The second-order valence-electron chi connectivity index (χ2n) is 3.31. The van der Waals surface area contributed by atoms with Gasteiger partial charge in [0.05, 0.1) is 16.9 Å². The highest BCUT2D eigenvalue weighted by Gasteiger charge is 1.93. The molecule has 0 radical (unpaired) electrons. The van der Waals surface area contributed by atoms with Crippen LogP contribution in [0.4, 0.5) is 11.4 Å². The Balaban J connectivity index is 0.000000306. The second-order valence-corrected chi connectivity index (χ2v) is 3.31. The third-order valence-corrected chi connectivity index (χ3v) is 2.06. The number of carbonyl (C=O) groups is 1. The van der Waals surface area contributed by atoms with Crippen LogP contribution in [0.15, 0.2) is 48.5 Å². The van der Waals surface area contributed by atoms with Crippen LogP contribution in [0.2, 0.25) is 0 Å². The van der Waals surface area contributed by atoms with Crippen molar-refractivity contribution in [2.45, 2.75) is 0 Å². The average molecular weight is 260 g/mol. The van der Waals surface area contributed by atoms with Crippen molar-refractivity contribution in [3.63, 3.8) is 0 Å². The van der Waals surface area contributed by atoms with Crippen molar-refractivity contribution < 1.29 is 9.90 Å². The number of carbonyl (C=O) groups excluding carboxylic acids is 1. The standard InChI is InChI=1S/C7H6O2.C6H8N2.Al.3H/c8-5-6-3-1-2-4-7(6)9;7-5-3-1-2-4-6(5)8;;;;/h1-5,9H;1-4H,7-8H2;;;;. The Morgan fingerprint density at radius 3 is 1.67 bits per heavy atom. The number of nitrogens with two attached hydrogens (primary N) is 2. The number of benzene rings is 2. The number of rotatable bonds is 1. The van der Waals surface area contributed by atoms with Crippen LogP contribution in [0.1, 0.15) is 10.4 Å². The van der Waals surface area contributed by atoms with E-state index in [9.17, 15) is 4.79 Å². The van der Waals surface area contributed by atoms with Gasteiger partial charge < -0.3 is 16.6 Å². The molecule has 0 amide bonds. The van der Waals surface area contributed by atoms with Crippen LogP contribution in [0.25, 0.3) is 0 Å². The van der Waals surface area contributed by atoms with E-state index in [2.05, 4.69) is 0 Å². The predicted octanol–water partition coefficient (Wildman–Crippen LogP) is 0.872. The minimum absolute atomic E-state index is 0. The van der Waals surface area contributed by atoms with E-state index in [1.165, 1.54) is 6.07 Å². The van der Waals surface area contributed by atoms with E-state index in [4.69, 9.17) is 16.6 Å². The van der Waals surface area contributed by atoms with Gasteiger partial charge >= 0.3 is 0 Å². The lowest BCUT2D eigenvalue weighted by atomic mass is 10.2. The monoisotopic (exact) mass is 260 g/mol. The van der Waals surface area contributed by atoms with Crippen LogP contribution in [0.3, 0.4) is 0 Å². The topological polar surface area (TPSA) is 89.3 Å². The first kappa shape index (κ1) is 16.0. The first-order chi connectivity index (χ1) is 8.15. The molecule has 0 aliphatic carbocycles. The van der Waals surface area contributed by atoms with Crippen molar-refractivity contribution in [3.8, 4) is 5.75 Å². The van der Waals surface area contributed by atoms with Crippen molar-refractivity contribution in [1.82, 2.24) is 0 Å². The van der Waals surface area contributed by atoms with Crippen LogP contribution < -0.4 is 11.5 Å². The van der Waals surface area contributed by atoms with Crippen molar-refractivity contribution in [3.05, 3.63) is 54.1 Å². The van der Waals surface area contributed by atoms with Gasteiger partial charge in [0.2, 0.25) is 0 Å². The Morgan fingerprint density at radius 1 is 0.889 bits per heavy atom. The lowest BCUT2D eigenvalue weighted by Crippen LogP contribution is -1.91. The lowest BCUT2D eigenvalue weighted by Gasteiger charge is -1.94. The summed E-state index contributed by atoms with van der Waals surface area (Å²) >= 11 is 0. The highest BCUT2D eigenvalue weighted by Crippen LogP contribution is 2.11. The number of aldehydes is 1. The van der Waals surface area contributed by atoms with E-state index in [1.54, 1.807) is 30.3 Å². The van der Waals surface area contributed by atoms with E-state index >= 15 is 0 Å². The minimum atomic E-state index is 0. The van der Waals surface area contributed by atoms with Crippen LogP contribution in [-0.2, 0) is 0 Å². The van der Waals surface area contributed by atoms with Gasteiger partial charge in [0.15, 0.2) is 23.6 Å². The highest BCUT2D eigenvalue weighted by atomic mass is 27.0. The molecule has 0 aliphatic heterocycles. The summed E-state index contributed by atoms with van der Waals surface area (Å²) in [6, 6.07) is 13.7. The molecule has 0 unspecified atom stereocenters. The van der Waals surface area contributed by atoms with Gasteiger partial charge in [-0.3, -0.25) is 4.79 Å². The van der Waals surface area contributed by atoms with Gasteiger partial charge in [0.25, 0.3) is 0 Å². The minimum Gasteiger partial charge on any atom is -0.507 e. The quantitative estimate of drug-likeness (QED) is 0.403. The summed E-state index contributed by atoms with van der Waals surface area (Å²) in [5, 5.41) is 8.88. The molecule has 0 saturated heterocycles. The largest absolute Gasteiger partial charge is 0.507 e. The van der Waals surface area contributed by atoms with Crippen molar-refractivity contribution in [2.75, 3.05) is 11.5 Å².